The molecule has 1 aromatic carbocycles. The Kier molecular flexibility index (Phi) is 6.43. The molecule has 1 aliphatic carbocycles. The van der Waals surface area contributed by atoms with Gasteiger partial charge >= 0.3 is 0 Å². The Morgan fingerprint density at radius 1 is 1.41 bits per heavy atom. The SMILES string of the molecule is CSc1ncccc1C(=O)N[C@H]1CCCC(O)(C#Cc2cccc(Cl)c2)C1. The summed E-state index contributed by atoms with van der Waals surface area (Å²) < 4.78 is 0. The second kappa shape index (κ2) is 8.79. The molecule has 1 saturated carbocycles. The standard InChI is InChI=1S/C21H21ClN2O2S/c1-27-20-18(8-4-12-23-20)19(25)24-17-7-3-10-21(26,14-17)11-9-15-5-2-6-16(22)13-15/h2,4-6,8,12-13,17,26H,3,7,10,14H2,1H3,(H,24,25)/t17-,21?/m0/s1. The molecule has 1 aliphatic rings. The quantitative estimate of drug-likeness (QED) is 0.605. The molecule has 1 heterocycles. The number of amides is 1. The van der Waals surface area contributed by atoms with E-state index in [4.69, 9.17) is 11.6 Å². The largest absolute Gasteiger partial charge is 0.378 e. The van der Waals surface area contributed by atoms with Gasteiger partial charge < -0.3 is 10.4 Å². The van der Waals surface area contributed by atoms with Crippen LogP contribution in [0.3, 0.4) is 0 Å². The molecule has 0 bridgehead atoms. The third kappa shape index (κ3) is 5.26. The van der Waals surface area contributed by atoms with Gasteiger partial charge in [-0.3, -0.25) is 4.79 Å². The highest BCUT2D eigenvalue weighted by Gasteiger charge is 2.33. The van der Waals surface area contributed by atoms with Crippen molar-refractivity contribution in [3.8, 4) is 11.8 Å². The number of aromatic nitrogens is 1. The van der Waals surface area contributed by atoms with Crippen molar-refractivity contribution < 1.29 is 9.90 Å². The molecule has 2 N–H and O–H groups in total. The van der Waals surface area contributed by atoms with Gasteiger partial charge in [-0.15, -0.1) is 11.8 Å². The second-order valence-corrected chi connectivity index (χ2v) is 7.85. The van der Waals surface area contributed by atoms with Crippen LogP contribution in [0.15, 0.2) is 47.6 Å². The smallest absolute Gasteiger partial charge is 0.254 e. The van der Waals surface area contributed by atoms with Crippen LogP contribution < -0.4 is 5.32 Å². The highest BCUT2D eigenvalue weighted by Crippen LogP contribution is 2.28. The number of aliphatic hydroxyl groups is 1. The van der Waals surface area contributed by atoms with Gasteiger partial charge in [-0.2, -0.15) is 0 Å². The molecule has 1 amide bonds. The van der Waals surface area contributed by atoms with Crippen LogP contribution in [-0.4, -0.2) is 33.9 Å². The Hall–Kier alpha value is -2.00. The van der Waals surface area contributed by atoms with Gasteiger partial charge in [0.25, 0.3) is 5.91 Å². The first-order valence-electron chi connectivity index (χ1n) is 8.80. The summed E-state index contributed by atoms with van der Waals surface area (Å²) in [4.78, 5) is 16.9. The first-order valence-corrected chi connectivity index (χ1v) is 10.4. The van der Waals surface area contributed by atoms with Crippen LogP contribution in [0.1, 0.15) is 41.6 Å². The Morgan fingerprint density at radius 3 is 3.04 bits per heavy atom. The number of carbonyl (C=O) groups excluding carboxylic acids is 1. The van der Waals surface area contributed by atoms with Crippen LogP contribution in [0.2, 0.25) is 5.02 Å². The van der Waals surface area contributed by atoms with Crippen molar-refractivity contribution in [3.63, 3.8) is 0 Å². The molecule has 2 aromatic rings. The van der Waals surface area contributed by atoms with E-state index in [1.54, 1.807) is 30.5 Å². The first kappa shape index (κ1) is 19.8. The average molecular weight is 401 g/mol. The number of hydrogen-bond donors (Lipinski definition) is 2. The summed E-state index contributed by atoms with van der Waals surface area (Å²) in [6.45, 7) is 0. The Labute approximate surface area is 168 Å². The molecule has 27 heavy (non-hydrogen) atoms. The van der Waals surface area contributed by atoms with Crippen molar-refractivity contribution in [2.75, 3.05) is 6.26 Å². The molecule has 3 rings (SSSR count). The maximum Gasteiger partial charge on any atom is 0.254 e. The molecule has 2 atom stereocenters. The minimum atomic E-state index is -1.12. The lowest BCUT2D eigenvalue weighted by Gasteiger charge is -2.33. The summed E-state index contributed by atoms with van der Waals surface area (Å²) in [5.41, 5.74) is 0.210. The number of benzene rings is 1. The zero-order valence-corrected chi connectivity index (χ0v) is 16.6. The highest BCUT2D eigenvalue weighted by atomic mass is 35.5. The van der Waals surface area contributed by atoms with Gasteiger partial charge in [-0.05, 0) is 55.9 Å². The third-order valence-electron chi connectivity index (χ3n) is 4.54. The second-order valence-electron chi connectivity index (χ2n) is 6.62. The van der Waals surface area contributed by atoms with Crippen LogP contribution >= 0.6 is 23.4 Å². The molecule has 6 heteroatoms. The van der Waals surface area contributed by atoms with Crippen molar-refractivity contribution >= 4 is 29.3 Å². The number of pyridine rings is 1. The van der Waals surface area contributed by atoms with Crippen molar-refractivity contribution in [2.24, 2.45) is 0 Å². The molecular weight excluding hydrogens is 380 g/mol. The summed E-state index contributed by atoms with van der Waals surface area (Å²) in [7, 11) is 0. The van der Waals surface area contributed by atoms with E-state index in [9.17, 15) is 9.90 Å². The monoisotopic (exact) mass is 400 g/mol. The number of thioether (sulfide) groups is 1. The third-order valence-corrected chi connectivity index (χ3v) is 5.48. The van der Waals surface area contributed by atoms with E-state index in [0.717, 1.165) is 18.4 Å². The predicted molar refractivity (Wildman–Crippen MR) is 109 cm³/mol. The van der Waals surface area contributed by atoms with Crippen LogP contribution in [0.25, 0.3) is 0 Å². The van der Waals surface area contributed by atoms with Crippen LogP contribution in [0.5, 0.6) is 0 Å². The van der Waals surface area contributed by atoms with Crippen molar-refractivity contribution in [3.05, 3.63) is 58.7 Å². The van der Waals surface area contributed by atoms with Gasteiger partial charge in [0.05, 0.1) is 5.56 Å². The number of rotatable bonds is 3. The molecule has 1 fully saturated rings. The van der Waals surface area contributed by atoms with E-state index in [-0.39, 0.29) is 11.9 Å². The summed E-state index contributed by atoms with van der Waals surface area (Å²) in [5, 5.41) is 15.2. The maximum atomic E-state index is 12.6. The van der Waals surface area contributed by atoms with E-state index >= 15 is 0 Å². The zero-order valence-electron chi connectivity index (χ0n) is 15.0. The molecular formula is C21H21ClN2O2S. The summed E-state index contributed by atoms with van der Waals surface area (Å²) in [6.07, 6.45) is 6.18. The molecule has 4 nitrogen and oxygen atoms in total. The minimum Gasteiger partial charge on any atom is -0.378 e. The fraction of sp³-hybridized carbons (Fsp3) is 0.333. The van der Waals surface area contributed by atoms with Crippen LogP contribution in [-0.2, 0) is 0 Å². The number of nitrogens with one attached hydrogen (secondary N) is 1. The summed E-state index contributed by atoms with van der Waals surface area (Å²) >= 11 is 7.42. The summed E-state index contributed by atoms with van der Waals surface area (Å²) in [5.74, 6) is 5.83. The van der Waals surface area contributed by atoms with Crippen LogP contribution in [0.4, 0.5) is 0 Å². The van der Waals surface area contributed by atoms with Crippen molar-refractivity contribution in [2.45, 2.75) is 42.4 Å². The minimum absolute atomic E-state index is 0.125. The van der Waals surface area contributed by atoms with Crippen molar-refractivity contribution in [1.82, 2.24) is 10.3 Å². The lowest BCUT2D eigenvalue weighted by Crippen LogP contribution is -2.45. The van der Waals surface area contributed by atoms with Gasteiger partial charge in [-0.25, -0.2) is 4.98 Å². The Balaban J connectivity index is 1.69. The van der Waals surface area contributed by atoms with Gasteiger partial charge in [0.15, 0.2) is 0 Å². The highest BCUT2D eigenvalue weighted by molar-refractivity contribution is 7.98. The van der Waals surface area contributed by atoms with Crippen molar-refractivity contribution in [1.29, 1.82) is 0 Å². The lowest BCUT2D eigenvalue weighted by molar-refractivity contribution is 0.0452. The maximum absolute atomic E-state index is 12.6. The van der Waals surface area contributed by atoms with E-state index in [1.807, 2.05) is 18.4 Å². The van der Waals surface area contributed by atoms with Gasteiger partial charge in [-0.1, -0.05) is 29.5 Å². The Bertz CT molecular complexity index is 893. The van der Waals surface area contributed by atoms with E-state index in [0.29, 0.717) is 28.5 Å². The number of carbonyl (C=O) groups is 1. The van der Waals surface area contributed by atoms with E-state index in [2.05, 4.69) is 22.1 Å². The summed E-state index contributed by atoms with van der Waals surface area (Å²) in [6, 6.07) is 10.6. The van der Waals surface area contributed by atoms with Gasteiger partial charge in [0.2, 0.25) is 0 Å². The normalized spacial score (nSPS) is 21.8. The molecule has 0 aliphatic heterocycles. The fourth-order valence-corrected chi connectivity index (χ4v) is 3.97. The molecule has 1 unspecified atom stereocenters. The number of hydrogen-bond acceptors (Lipinski definition) is 4. The van der Waals surface area contributed by atoms with E-state index in [1.165, 1.54) is 11.8 Å². The first-order chi connectivity index (χ1) is 13.0. The lowest BCUT2D eigenvalue weighted by atomic mass is 9.82. The average Bonchev–Trinajstić information content (AvgIpc) is 2.66. The molecule has 0 radical (unpaired) electrons. The van der Waals surface area contributed by atoms with E-state index < -0.39 is 5.60 Å². The molecule has 0 spiro atoms. The topological polar surface area (TPSA) is 62.2 Å². The van der Waals surface area contributed by atoms with Gasteiger partial charge in [0, 0.05) is 29.2 Å². The van der Waals surface area contributed by atoms with Gasteiger partial charge in [0.1, 0.15) is 10.6 Å². The zero-order chi connectivity index (χ0) is 19.3. The molecule has 0 saturated heterocycles. The predicted octanol–water partition coefficient (Wildman–Crippen LogP) is 3.91. The number of nitrogens with zero attached hydrogens (tertiary/aromatic N) is 1. The fourth-order valence-electron chi connectivity index (χ4n) is 3.23. The number of halogens is 1. The molecule has 1 aromatic heterocycles. The Morgan fingerprint density at radius 2 is 2.26 bits per heavy atom. The molecule has 140 valence electrons. The van der Waals surface area contributed by atoms with Crippen LogP contribution in [0, 0.1) is 11.8 Å².